The van der Waals surface area contributed by atoms with E-state index in [1.807, 2.05) is 31.2 Å². The summed E-state index contributed by atoms with van der Waals surface area (Å²) in [4.78, 5) is 19.7. The fraction of sp³-hybridized carbons (Fsp3) is 0.385. The molecule has 32 heavy (non-hydrogen) atoms. The van der Waals surface area contributed by atoms with Gasteiger partial charge in [-0.2, -0.15) is 0 Å². The van der Waals surface area contributed by atoms with Gasteiger partial charge >= 0.3 is 0 Å². The number of aromatic nitrogens is 1. The number of fused-ring (bicyclic) bond motifs is 2. The summed E-state index contributed by atoms with van der Waals surface area (Å²) in [5, 5.41) is 12.3. The van der Waals surface area contributed by atoms with Crippen LogP contribution in [0.15, 0.2) is 45.8 Å². The summed E-state index contributed by atoms with van der Waals surface area (Å²) in [7, 11) is 0. The molecule has 2 aromatic carbocycles. The highest BCUT2D eigenvalue weighted by molar-refractivity contribution is 7.21. The number of rotatable bonds is 4. The number of phenols is 1. The van der Waals surface area contributed by atoms with Gasteiger partial charge in [-0.25, -0.2) is 4.98 Å². The molecule has 1 fully saturated rings. The van der Waals surface area contributed by atoms with Crippen LogP contribution in [0.5, 0.6) is 5.75 Å². The maximum atomic E-state index is 13.6. The Morgan fingerprint density at radius 1 is 1.22 bits per heavy atom. The molecule has 2 N–H and O–H groups in total. The van der Waals surface area contributed by atoms with E-state index in [4.69, 9.17) is 4.42 Å². The smallest absolute Gasteiger partial charge is 0.202 e. The van der Waals surface area contributed by atoms with Crippen molar-refractivity contribution < 1.29 is 14.4 Å². The summed E-state index contributed by atoms with van der Waals surface area (Å²) in [6, 6.07) is 10.7. The van der Waals surface area contributed by atoms with Crippen molar-refractivity contribution in [2.75, 3.05) is 0 Å². The fourth-order valence-electron chi connectivity index (χ4n) is 5.10. The zero-order valence-electron chi connectivity index (χ0n) is 18.8. The Balaban J connectivity index is 1.67. The summed E-state index contributed by atoms with van der Waals surface area (Å²) in [5.41, 5.74) is 3.32. The van der Waals surface area contributed by atoms with Gasteiger partial charge in [0.25, 0.3) is 0 Å². The van der Waals surface area contributed by atoms with E-state index >= 15 is 0 Å². The van der Waals surface area contributed by atoms with Crippen LogP contribution in [0.4, 0.5) is 0 Å². The summed E-state index contributed by atoms with van der Waals surface area (Å²) >= 11 is 1.49. The Hall–Kier alpha value is -2.70. The molecule has 3 heterocycles. The Bertz CT molecular complexity index is 1310. The molecular weight excluding hydrogens is 420 g/mol. The highest BCUT2D eigenvalue weighted by atomic mass is 32.1. The number of aromatic hydroxyl groups is 1. The Morgan fingerprint density at radius 2 is 1.97 bits per heavy atom. The number of hydrogen-bond donors (Lipinski definition) is 2. The lowest BCUT2D eigenvalue weighted by molar-refractivity contribution is -0.964. The molecule has 1 aliphatic rings. The van der Waals surface area contributed by atoms with Crippen molar-refractivity contribution in [2.45, 2.75) is 65.1 Å². The molecule has 4 aromatic rings. The summed E-state index contributed by atoms with van der Waals surface area (Å²) in [6.45, 7) is 7.20. The zero-order chi connectivity index (χ0) is 22.4. The van der Waals surface area contributed by atoms with E-state index in [0.29, 0.717) is 46.6 Å². The van der Waals surface area contributed by atoms with Gasteiger partial charge in [0.15, 0.2) is 0 Å². The number of hydrogen-bond acceptors (Lipinski definition) is 5. The largest absolute Gasteiger partial charge is 0.507 e. The Labute approximate surface area is 191 Å². The van der Waals surface area contributed by atoms with Crippen molar-refractivity contribution in [1.29, 1.82) is 0 Å². The number of para-hydroxylation sites is 1. The van der Waals surface area contributed by atoms with Crippen molar-refractivity contribution in [3.63, 3.8) is 0 Å². The Morgan fingerprint density at radius 3 is 2.69 bits per heavy atom. The number of nitrogens with zero attached hydrogens (tertiary/aromatic N) is 1. The van der Waals surface area contributed by atoms with Crippen molar-refractivity contribution in [3.8, 4) is 16.3 Å². The molecule has 2 atom stereocenters. The van der Waals surface area contributed by atoms with E-state index in [1.165, 1.54) is 41.8 Å². The quantitative estimate of drug-likeness (QED) is 0.475. The number of benzene rings is 2. The van der Waals surface area contributed by atoms with Crippen LogP contribution in [0.2, 0.25) is 0 Å². The third-order valence-electron chi connectivity index (χ3n) is 7.04. The first kappa shape index (κ1) is 21.2. The molecule has 5 nitrogen and oxygen atoms in total. The van der Waals surface area contributed by atoms with Gasteiger partial charge in [0.05, 0.1) is 38.8 Å². The number of piperidine rings is 1. The van der Waals surface area contributed by atoms with E-state index in [1.54, 1.807) is 6.07 Å². The molecule has 1 saturated heterocycles. The van der Waals surface area contributed by atoms with Gasteiger partial charge in [-0.15, -0.1) is 11.3 Å². The molecule has 0 spiro atoms. The van der Waals surface area contributed by atoms with Gasteiger partial charge in [-0.05, 0) is 63.3 Å². The molecule has 0 radical (unpaired) electrons. The van der Waals surface area contributed by atoms with Crippen LogP contribution < -0.4 is 10.3 Å². The SMILES string of the molecule is CCc1cc2c(=O)c(-c3nc4ccccc4s3)coc2c(C[NH+]2[C@@H](C)CCC[C@@H]2C)c1O. The molecule has 0 amide bonds. The van der Waals surface area contributed by atoms with Crippen LogP contribution >= 0.6 is 11.3 Å². The number of thiazole rings is 1. The van der Waals surface area contributed by atoms with Gasteiger partial charge in [0, 0.05) is 0 Å². The molecule has 0 bridgehead atoms. The van der Waals surface area contributed by atoms with Gasteiger partial charge in [0.2, 0.25) is 5.43 Å². The number of quaternary nitrogens is 1. The van der Waals surface area contributed by atoms with Crippen LogP contribution in [0.3, 0.4) is 0 Å². The first-order valence-electron chi connectivity index (χ1n) is 11.5. The van der Waals surface area contributed by atoms with Gasteiger partial charge < -0.3 is 14.4 Å². The predicted molar refractivity (Wildman–Crippen MR) is 130 cm³/mol. The summed E-state index contributed by atoms with van der Waals surface area (Å²) in [5.74, 6) is 0.272. The maximum Gasteiger partial charge on any atom is 0.202 e. The zero-order valence-corrected chi connectivity index (χ0v) is 19.6. The second-order valence-electron chi connectivity index (χ2n) is 9.04. The maximum absolute atomic E-state index is 13.6. The average Bonchev–Trinajstić information content (AvgIpc) is 3.21. The second kappa shape index (κ2) is 8.34. The number of nitrogens with one attached hydrogen (secondary N) is 1. The molecule has 1 aliphatic heterocycles. The highest BCUT2D eigenvalue weighted by Gasteiger charge is 2.31. The average molecular weight is 450 g/mol. The molecule has 0 unspecified atom stereocenters. The van der Waals surface area contributed by atoms with E-state index in [9.17, 15) is 9.90 Å². The van der Waals surface area contributed by atoms with Crippen LogP contribution in [0.1, 0.15) is 51.2 Å². The lowest BCUT2D eigenvalue weighted by atomic mass is 9.95. The topological polar surface area (TPSA) is 67.8 Å². The van der Waals surface area contributed by atoms with Crippen LogP contribution in [0, 0.1) is 0 Å². The summed E-state index contributed by atoms with van der Waals surface area (Å²) < 4.78 is 7.13. The minimum absolute atomic E-state index is 0.0870. The monoisotopic (exact) mass is 449 g/mol. The van der Waals surface area contributed by atoms with Crippen LogP contribution in [-0.4, -0.2) is 22.2 Å². The van der Waals surface area contributed by atoms with E-state index in [0.717, 1.165) is 21.3 Å². The van der Waals surface area contributed by atoms with E-state index in [2.05, 4.69) is 18.8 Å². The van der Waals surface area contributed by atoms with Crippen LogP contribution in [0.25, 0.3) is 31.8 Å². The molecule has 0 saturated carbocycles. The van der Waals surface area contributed by atoms with Crippen molar-refractivity contribution in [2.24, 2.45) is 0 Å². The normalized spacial score (nSPS) is 19.7. The lowest BCUT2D eigenvalue weighted by Crippen LogP contribution is -3.18. The third kappa shape index (κ3) is 3.51. The minimum atomic E-state index is -0.0870. The number of aryl methyl sites for hydroxylation is 1. The second-order valence-corrected chi connectivity index (χ2v) is 10.1. The molecular formula is C26H29N2O3S+. The van der Waals surface area contributed by atoms with Crippen LogP contribution in [-0.2, 0) is 13.0 Å². The Kier molecular flexibility index (Phi) is 5.51. The lowest BCUT2D eigenvalue weighted by Gasteiger charge is -2.36. The first-order valence-corrected chi connectivity index (χ1v) is 12.3. The van der Waals surface area contributed by atoms with Gasteiger partial charge in [-0.1, -0.05) is 19.1 Å². The van der Waals surface area contributed by atoms with E-state index < -0.39 is 0 Å². The van der Waals surface area contributed by atoms with Crippen molar-refractivity contribution in [3.05, 3.63) is 57.9 Å². The van der Waals surface area contributed by atoms with E-state index in [-0.39, 0.29) is 11.2 Å². The molecule has 5 rings (SSSR count). The van der Waals surface area contributed by atoms with Gasteiger partial charge in [0.1, 0.15) is 29.1 Å². The first-order chi connectivity index (χ1) is 15.5. The third-order valence-corrected chi connectivity index (χ3v) is 8.11. The highest BCUT2D eigenvalue weighted by Crippen LogP contribution is 2.34. The fourth-order valence-corrected chi connectivity index (χ4v) is 6.07. The summed E-state index contributed by atoms with van der Waals surface area (Å²) in [6.07, 6.45) is 5.78. The van der Waals surface area contributed by atoms with Gasteiger partial charge in [-0.3, -0.25) is 4.79 Å². The predicted octanol–water partition coefficient (Wildman–Crippen LogP) is 4.68. The van der Waals surface area contributed by atoms with Crippen molar-refractivity contribution >= 4 is 32.5 Å². The van der Waals surface area contributed by atoms with Crippen molar-refractivity contribution in [1.82, 2.24) is 4.98 Å². The number of likely N-dealkylation sites (tertiary alicyclic amines) is 1. The standard InChI is InChI=1S/C26H28N2O3S/c1-4-17-12-18-24(30)20(26-27-21-10-5-6-11-22(21)32-26)14-31-25(18)19(23(17)29)13-28-15(2)8-7-9-16(28)3/h5-6,10-12,14-16,29H,4,7-9,13H2,1-3H3/p+1/t15-,16-/m0/s1. The number of phenolic OH excluding ortho intramolecular Hbond substituents is 1. The molecule has 0 aliphatic carbocycles. The molecule has 166 valence electrons. The molecule has 6 heteroatoms. The molecule has 2 aromatic heterocycles. The minimum Gasteiger partial charge on any atom is -0.507 e.